The first-order chi connectivity index (χ1) is 16.9. The molecule has 1 amide bonds. The van der Waals surface area contributed by atoms with Gasteiger partial charge in [-0.05, 0) is 62.2 Å². The summed E-state index contributed by atoms with van der Waals surface area (Å²) in [5.41, 5.74) is 0.916. The van der Waals surface area contributed by atoms with Gasteiger partial charge in [-0.15, -0.1) is 0 Å². The molecule has 35 heavy (non-hydrogen) atoms. The maximum atomic E-state index is 13.3. The van der Waals surface area contributed by atoms with Crippen LogP contribution in [0.25, 0.3) is 10.2 Å². The first-order valence-corrected chi connectivity index (χ1v) is 14.0. The Hall–Kier alpha value is -2.76. The van der Waals surface area contributed by atoms with Gasteiger partial charge in [0.25, 0.3) is 0 Å². The molecule has 2 aliphatic heterocycles. The van der Waals surface area contributed by atoms with E-state index in [1.54, 1.807) is 16.2 Å². The quantitative estimate of drug-likeness (QED) is 0.498. The molecule has 3 heterocycles. The van der Waals surface area contributed by atoms with Crippen molar-refractivity contribution in [2.45, 2.75) is 30.7 Å². The Bertz CT molecular complexity index is 1320. The van der Waals surface area contributed by atoms with E-state index in [0.717, 1.165) is 33.2 Å². The van der Waals surface area contributed by atoms with Gasteiger partial charge in [-0.25, -0.2) is 17.8 Å². The molecular weight excluding hydrogens is 491 g/mol. The first-order valence-electron chi connectivity index (χ1n) is 11.7. The molecule has 0 N–H and O–H groups in total. The van der Waals surface area contributed by atoms with Crippen LogP contribution in [0.2, 0.25) is 0 Å². The van der Waals surface area contributed by atoms with Gasteiger partial charge in [0.2, 0.25) is 15.9 Å². The third kappa shape index (κ3) is 4.72. The van der Waals surface area contributed by atoms with Crippen LogP contribution in [-0.2, 0) is 14.8 Å². The summed E-state index contributed by atoms with van der Waals surface area (Å²) in [6.45, 7) is 5.09. The lowest BCUT2D eigenvalue weighted by Crippen LogP contribution is -2.54. The lowest BCUT2D eigenvalue weighted by atomic mass is 10.2. The second-order valence-corrected chi connectivity index (χ2v) is 11.5. The summed E-state index contributed by atoms with van der Waals surface area (Å²) in [6.07, 6.45) is 1.10. The topological polar surface area (TPSA) is 83.1 Å². The molecule has 0 radical (unpaired) electrons. The first kappa shape index (κ1) is 24.0. The second-order valence-electron chi connectivity index (χ2n) is 8.60. The molecule has 2 fully saturated rings. The van der Waals surface area contributed by atoms with Crippen LogP contribution in [0, 0.1) is 5.82 Å². The van der Waals surface area contributed by atoms with Gasteiger partial charge >= 0.3 is 0 Å². The van der Waals surface area contributed by atoms with E-state index in [0.29, 0.717) is 45.6 Å². The standard InChI is InChI=1S/C24H27FN4O4S2/c1-2-33-18-7-10-20-22(16-18)34-24(26-20)28-14-12-27(13-15-28)23(30)21-4-3-11-29(21)35(31,32)19-8-5-17(25)6-9-19/h5-10,16,21H,2-4,11-15H2,1H3. The zero-order valence-corrected chi connectivity index (χ0v) is 21.0. The highest BCUT2D eigenvalue weighted by molar-refractivity contribution is 7.89. The van der Waals surface area contributed by atoms with E-state index in [2.05, 4.69) is 4.90 Å². The molecule has 0 saturated carbocycles. The van der Waals surface area contributed by atoms with Crippen molar-refractivity contribution in [3.05, 3.63) is 48.3 Å². The highest BCUT2D eigenvalue weighted by atomic mass is 32.2. The van der Waals surface area contributed by atoms with Gasteiger partial charge in [0, 0.05) is 32.7 Å². The summed E-state index contributed by atoms with van der Waals surface area (Å²) >= 11 is 1.60. The fourth-order valence-electron chi connectivity index (χ4n) is 4.63. The molecule has 2 aromatic carbocycles. The number of fused-ring (bicyclic) bond motifs is 1. The summed E-state index contributed by atoms with van der Waals surface area (Å²) in [7, 11) is -3.87. The fraction of sp³-hybridized carbons (Fsp3) is 0.417. The Labute approximate surface area is 208 Å². The monoisotopic (exact) mass is 518 g/mol. The minimum absolute atomic E-state index is 0.00625. The Kier molecular flexibility index (Phi) is 6.65. The van der Waals surface area contributed by atoms with Crippen molar-refractivity contribution in [1.29, 1.82) is 0 Å². The number of amides is 1. The number of nitrogens with zero attached hydrogens (tertiary/aromatic N) is 4. The second kappa shape index (κ2) is 9.71. The maximum Gasteiger partial charge on any atom is 0.243 e. The zero-order chi connectivity index (χ0) is 24.6. The van der Waals surface area contributed by atoms with Crippen molar-refractivity contribution < 1.29 is 22.3 Å². The summed E-state index contributed by atoms with van der Waals surface area (Å²) in [4.78, 5) is 22.0. The molecule has 3 aromatic rings. The SMILES string of the molecule is CCOc1ccc2nc(N3CCN(C(=O)C4CCCN4S(=O)(=O)c4ccc(F)cc4)CC3)sc2c1. The van der Waals surface area contributed by atoms with Crippen molar-refractivity contribution in [3.63, 3.8) is 0 Å². The minimum Gasteiger partial charge on any atom is -0.494 e. The average molecular weight is 519 g/mol. The number of carbonyl (C=O) groups is 1. The van der Waals surface area contributed by atoms with E-state index in [1.807, 2.05) is 25.1 Å². The van der Waals surface area contributed by atoms with Crippen LogP contribution in [0.3, 0.4) is 0 Å². The number of hydrogen-bond acceptors (Lipinski definition) is 7. The lowest BCUT2D eigenvalue weighted by Gasteiger charge is -2.37. The number of aromatic nitrogens is 1. The Balaban J connectivity index is 1.25. The van der Waals surface area contributed by atoms with Crippen LogP contribution in [-0.4, -0.2) is 73.9 Å². The van der Waals surface area contributed by atoms with E-state index >= 15 is 0 Å². The zero-order valence-electron chi connectivity index (χ0n) is 19.4. The van der Waals surface area contributed by atoms with Crippen LogP contribution >= 0.6 is 11.3 Å². The predicted octanol–water partition coefficient (Wildman–Crippen LogP) is 3.34. The molecule has 0 aliphatic carbocycles. The third-order valence-corrected chi connectivity index (χ3v) is 9.43. The molecule has 1 aromatic heterocycles. The van der Waals surface area contributed by atoms with Crippen LogP contribution < -0.4 is 9.64 Å². The summed E-state index contributed by atoms with van der Waals surface area (Å²) < 4.78 is 47.5. The largest absolute Gasteiger partial charge is 0.494 e. The van der Waals surface area contributed by atoms with Gasteiger partial charge in [-0.2, -0.15) is 4.31 Å². The van der Waals surface area contributed by atoms with Crippen LogP contribution in [0.15, 0.2) is 47.4 Å². The van der Waals surface area contributed by atoms with E-state index < -0.39 is 21.9 Å². The molecule has 0 spiro atoms. The summed E-state index contributed by atoms with van der Waals surface area (Å²) in [5.74, 6) is 0.152. The van der Waals surface area contributed by atoms with Gasteiger partial charge in [0.05, 0.1) is 21.7 Å². The molecule has 0 bridgehead atoms. The van der Waals surface area contributed by atoms with Crippen molar-refractivity contribution in [1.82, 2.24) is 14.2 Å². The Morgan fingerprint density at radius 2 is 1.86 bits per heavy atom. The minimum atomic E-state index is -3.87. The van der Waals surface area contributed by atoms with Gasteiger partial charge < -0.3 is 14.5 Å². The van der Waals surface area contributed by atoms with Crippen molar-refractivity contribution >= 4 is 42.6 Å². The Morgan fingerprint density at radius 1 is 1.11 bits per heavy atom. The molecule has 1 atom stereocenters. The molecule has 5 rings (SSSR count). The predicted molar refractivity (Wildman–Crippen MR) is 133 cm³/mol. The molecule has 11 heteroatoms. The average Bonchev–Trinajstić information content (AvgIpc) is 3.52. The number of rotatable bonds is 6. The molecule has 8 nitrogen and oxygen atoms in total. The van der Waals surface area contributed by atoms with Crippen LogP contribution in [0.1, 0.15) is 19.8 Å². The number of halogens is 1. The van der Waals surface area contributed by atoms with Crippen LogP contribution in [0.5, 0.6) is 5.75 Å². The van der Waals surface area contributed by atoms with E-state index in [-0.39, 0.29) is 17.3 Å². The number of sulfonamides is 1. The van der Waals surface area contributed by atoms with Crippen LogP contribution in [0.4, 0.5) is 9.52 Å². The van der Waals surface area contributed by atoms with Crippen molar-refractivity contribution in [2.75, 3.05) is 44.2 Å². The lowest BCUT2D eigenvalue weighted by molar-refractivity contribution is -0.134. The molecule has 2 saturated heterocycles. The molecule has 1 unspecified atom stereocenters. The normalized spacial score (nSPS) is 19.4. The fourth-order valence-corrected chi connectivity index (χ4v) is 7.33. The highest BCUT2D eigenvalue weighted by Crippen LogP contribution is 2.33. The van der Waals surface area contributed by atoms with Gasteiger partial charge in [-0.1, -0.05) is 11.3 Å². The number of hydrogen-bond donors (Lipinski definition) is 0. The van der Waals surface area contributed by atoms with Gasteiger partial charge in [0.1, 0.15) is 17.6 Å². The van der Waals surface area contributed by atoms with E-state index in [4.69, 9.17) is 9.72 Å². The molecule has 186 valence electrons. The number of thiazole rings is 1. The van der Waals surface area contributed by atoms with Crippen molar-refractivity contribution in [3.8, 4) is 5.75 Å². The molecular formula is C24H27FN4O4S2. The highest BCUT2D eigenvalue weighted by Gasteiger charge is 2.41. The molecule has 2 aliphatic rings. The number of carbonyl (C=O) groups excluding carboxylic acids is 1. The number of ether oxygens (including phenoxy) is 1. The van der Waals surface area contributed by atoms with E-state index in [9.17, 15) is 17.6 Å². The summed E-state index contributed by atoms with van der Waals surface area (Å²) in [5, 5.41) is 0.905. The third-order valence-electron chi connectivity index (χ3n) is 6.43. The smallest absolute Gasteiger partial charge is 0.243 e. The van der Waals surface area contributed by atoms with Gasteiger partial charge in [-0.3, -0.25) is 4.79 Å². The summed E-state index contributed by atoms with van der Waals surface area (Å²) in [6, 6.07) is 9.89. The number of benzene rings is 2. The Morgan fingerprint density at radius 3 is 2.57 bits per heavy atom. The van der Waals surface area contributed by atoms with E-state index in [1.165, 1.54) is 16.4 Å². The van der Waals surface area contributed by atoms with Gasteiger partial charge in [0.15, 0.2) is 5.13 Å². The van der Waals surface area contributed by atoms with Crippen molar-refractivity contribution in [2.24, 2.45) is 0 Å². The number of anilines is 1. The maximum absolute atomic E-state index is 13.3. The number of piperazine rings is 1.